The smallest absolute Gasteiger partial charge is 0.224 e. The van der Waals surface area contributed by atoms with Crippen molar-refractivity contribution in [2.45, 2.75) is 58.7 Å². The minimum absolute atomic E-state index is 0. The van der Waals surface area contributed by atoms with Gasteiger partial charge in [-0.2, -0.15) is 0 Å². The highest BCUT2D eigenvalue weighted by atomic mass is 127. The number of carbonyl (C=O) groups excluding carboxylic acids is 1. The van der Waals surface area contributed by atoms with Gasteiger partial charge >= 0.3 is 0 Å². The van der Waals surface area contributed by atoms with E-state index in [4.69, 9.17) is 4.99 Å². The van der Waals surface area contributed by atoms with E-state index in [0.29, 0.717) is 19.0 Å². The number of aliphatic imine (C=N–C) groups is 1. The minimum atomic E-state index is 0. The van der Waals surface area contributed by atoms with Crippen molar-refractivity contribution in [2.75, 3.05) is 25.0 Å². The molecule has 0 atom stereocenters. The van der Waals surface area contributed by atoms with Crippen LogP contribution >= 0.6 is 24.0 Å². The lowest BCUT2D eigenvalue weighted by Crippen LogP contribution is -2.48. The van der Waals surface area contributed by atoms with Crippen molar-refractivity contribution in [3.63, 3.8) is 0 Å². The molecule has 1 saturated heterocycles. The zero-order valence-electron chi connectivity index (χ0n) is 19.8. The minimum Gasteiger partial charge on any atom is -0.357 e. The molecular formula is C26H38IN5O. The fourth-order valence-electron chi connectivity index (χ4n) is 3.96. The number of hydrogen-bond acceptors (Lipinski definition) is 3. The molecule has 1 heterocycles. The van der Waals surface area contributed by atoms with Crippen LogP contribution in [-0.2, 0) is 17.9 Å². The third-order valence-electron chi connectivity index (χ3n) is 5.63. The number of nitrogens with one attached hydrogen (secondary N) is 3. The molecule has 0 saturated carbocycles. The molecule has 1 aliphatic heterocycles. The Balaban J connectivity index is 0.00000385. The fraction of sp³-hybridized carbons (Fsp3) is 0.462. The van der Waals surface area contributed by atoms with Gasteiger partial charge in [0.05, 0.1) is 6.54 Å². The van der Waals surface area contributed by atoms with Gasteiger partial charge in [-0.1, -0.05) is 49.4 Å². The summed E-state index contributed by atoms with van der Waals surface area (Å²) in [5.74, 6) is 0.913. The zero-order chi connectivity index (χ0) is 22.6. The van der Waals surface area contributed by atoms with E-state index in [2.05, 4.69) is 58.1 Å². The Bertz CT molecular complexity index is 866. The molecule has 33 heavy (non-hydrogen) atoms. The van der Waals surface area contributed by atoms with E-state index < -0.39 is 0 Å². The maximum atomic E-state index is 11.9. The highest BCUT2D eigenvalue weighted by Gasteiger charge is 2.20. The maximum Gasteiger partial charge on any atom is 0.224 e. The molecule has 1 aliphatic rings. The Morgan fingerprint density at radius 1 is 1.03 bits per heavy atom. The summed E-state index contributed by atoms with van der Waals surface area (Å²) < 4.78 is 0. The topological polar surface area (TPSA) is 68.8 Å². The lowest BCUT2D eigenvalue weighted by molar-refractivity contribution is -0.116. The van der Waals surface area contributed by atoms with Crippen LogP contribution in [-0.4, -0.2) is 42.4 Å². The Labute approximate surface area is 215 Å². The molecule has 0 spiro atoms. The number of carbonyl (C=O) groups is 1. The van der Waals surface area contributed by atoms with Gasteiger partial charge in [0, 0.05) is 44.3 Å². The second-order valence-electron chi connectivity index (χ2n) is 8.37. The van der Waals surface area contributed by atoms with Crippen LogP contribution in [0.25, 0.3) is 0 Å². The molecular weight excluding hydrogens is 525 g/mol. The molecule has 2 aromatic rings. The highest BCUT2D eigenvalue weighted by Crippen LogP contribution is 2.15. The fourth-order valence-corrected chi connectivity index (χ4v) is 3.96. The first-order chi connectivity index (χ1) is 15.7. The molecule has 0 aliphatic carbocycles. The molecule has 0 bridgehead atoms. The summed E-state index contributed by atoms with van der Waals surface area (Å²) in [6.45, 7) is 8.69. The number of amides is 1. The normalized spacial score (nSPS) is 14.9. The Kier molecular flexibility index (Phi) is 12.2. The number of rotatable bonds is 9. The van der Waals surface area contributed by atoms with Gasteiger partial charge in [0.1, 0.15) is 0 Å². The van der Waals surface area contributed by atoms with Crippen molar-refractivity contribution >= 4 is 41.5 Å². The van der Waals surface area contributed by atoms with Gasteiger partial charge in [0.2, 0.25) is 5.91 Å². The number of halogens is 1. The van der Waals surface area contributed by atoms with E-state index in [0.717, 1.165) is 62.7 Å². The molecule has 180 valence electrons. The lowest BCUT2D eigenvalue weighted by atomic mass is 10.0. The van der Waals surface area contributed by atoms with E-state index in [1.54, 1.807) is 0 Å². The summed E-state index contributed by atoms with van der Waals surface area (Å²) >= 11 is 0. The summed E-state index contributed by atoms with van der Waals surface area (Å²) in [5, 5.41) is 9.95. The van der Waals surface area contributed by atoms with E-state index in [9.17, 15) is 4.79 Å². The molecule has 0 radical (unpaired) electrons. The highest BCUT2D eigenvalue weighted by molar-refractivity contribution is 14.0. The van der Waals surface area contributed by atoms with Crippen LogP contribution in [0.2, 0.25) is 0 Å². The van der Waals surface area contributed by atoms with E-state index >= 15 is 0 Å². The lowest BCUT2D eigenvalue weighted by Gasteiger charge is -2.33. The van der Waals surface area contributed by atoms with Crippen LogP contribution < -0.4 is 16.0 Å². The van der Waals surface area contributed by atoms with Gasteiger partial charge in [-0.15, -0.1) is 24.0 Å². The van der Waals surface area contributed by atoms with Crippen LogP contribution in [0.3, 0.4) is 0 Å². The van der Waals surface area contributed by atoms with Crippen molar-refractivity contribution in [3.8, 4) is 0 Å². The number of nitrogens with zero attached hydrogens (tertiary/aromatic N) is 2. The molecule has 3 rings (SSSR count). The van der Waals surface area contributed by atoms with E-state index in [1.165, 1.54) is 5.56 Å². The molecule has 0 unspecified atom stereocenters. The number of anilines is 1. The molecule has 6 nitrogen and oxygen atoms in total. The van der Waals surface area contributed by atoms with Crippen LogP contribution in [0.4, 0.5) is 5.69 Å². The van der Waals surface area contributed by atoms with Gasteiger partial charge in [0.15, 0.2) is 5.96 Å². The number of piperidine rings is 1. The summed E-state index contributed by atoms with van der Waals surface area (Å²) in [7, 11) is 0. The van der Waals surface area contributed by atoms with Crippen LogP contribution in [0.1, 0.15) is 50.7 Å². The third kappa shape index (κ3) is 9.71. The Morgan fingerprint density at radius 3 is 2.45 bits per heavy atom. The first-order valence-corrected chi connectivity index (χ1v) is 11.9. The number of guanidine groups is 1. The van der Waals surface area contributed by atoms with Gasteiger partial charge in [-0.25, -0.2) is 4.99 Å². The second-order valence-corrected chi connectivity index (χ2v) is 8.37. The first kappa shape index (κ1) is 27.1. The molecule has 3 N–H and O–H groups in total. The van der Waals surface area contributed by atoms with E-state index in [-0.39, 0.29) is 29.9 Å². The van der Waals surface area contributed by atoms with Gasteiger partial charge in [-0.05, 0) is 49.4 Å². The van der Waals surface area contributed by atoms with Crippen molar-refractivity contribution in [1.82, 2.24) is 15.5 Å². The number of benzene rings is 2. The largest absolute Gasteiger partial charge is 0.357 e. The predicted octanol–water partition coefficient (Wildman–Crippen LogP) is 4.76. The quantitative estimate of drug-likeness (QED) is 0.234. The van der Waals surface area contributed by atoms with Gasteiger partial charge in [0.25, 0.3) is 0 Å². The molecule has 0 aromatic heterocycles. The van der Waals surface area contributed by atoms with Crippen molar-refractivity contribution in [3.05, 3.63) is 65.7 Å². The van der Waals surface area contributed by atoms with Crippen molar-refractivity contribution in [1.29, 1.82) is 0 Å². The maximum absolute atomic E-state index is 11.9. The van der Waals surface area contributed by atoms with Crippen molar-refractivity contribution < 1.29 is 4.79 Å². The standard InChI is InChI=1S/C26H37N5O.HI/c1-3-9-25(32)29-24-13-8-12-22(18-24)19-28-26(27-4-2)30-23-14-16-31(17-15-23)20-21-10-6-5-7-11-21;/h5-8,10-13,18,23H,3-4,9,14-17,19-20H2,1-2H3,(H,29,32)(H2,27,28,30);1H. The van der Waals surface area contributed by atoms with E-state index in [1.807, 2.05) is 31.2 Å². The third-order valence-corrected chi connectivity index (χ3v) is 5.63. The van der Waals surface area contributed by atoms with Crippen LogP contribution in [0.15, 0.2) is 59.6 Å². The van der Waals surface area contributed by atoms with Crippen molar-refractivity contribution in [2.24, 2.45) is 4.99 Å². The number of hydrogen-bond donors (Lipinski definition) is 3. The van der Waals surface area contributed by atoms with Gasteiger partial charge < -0.3 is 16.0 Å². The van der Waals surface area contributed by atoms with Crippen LogP contribution in [0, 0.1) is 0 Å². The average molecular weight is 564 g/mol. The second kappa shape index (κ2) is 14.9. The zero-order valence-corrected chi connectivity index (χ0v) is 22.2. The first-order valence-electron chi connectivity index (χ1n) is 11.9. The average Bonchev–Trinajstić information content (AvgIpc) is 2.80. The monoisotopic (exact) mass is 563 g/mol. The SMILES string of the molecule is CCCC(=O)Nc1cccc(CN=C(NCC)NC2CCN(Cc3ccccc3)CC2)c1.I. The predicted molar refractivity (Wildman–Crippen MR) is 148 cm³/mol. The Morgan fingerprint density at radius 2 is 1.76 bits per heavy atom. The molecule has 1 amide bonds. The molecule has 2 aromatic carbocycles. The number of likely N-dealkylation sites (tertiary alicyclic amines) is 1. The Hall–Kier alpha value is -2.13. The van der Waals surface area contributed by atoms with Gasteiger partial charge in [-0.3, -0.25) is 9.69 Å². The summed E-state index contributed by atoms with van der Waals surface area (Å²) in [4.78, 5) is 19.2. The summed E-state index contributed by atoms with van der Waals surface area (Å²) in [6, 6.07) is 19.1. The summed E-state index contributed by atoms with van der Waals surface area (Å²) in [5.41, 5.74) is 3.29. The summed E-state index contributed by atoms with van der Waals surface area (Å²) in [6.07, 6.45) is 3.60. The molecule has 7 heteroatoms. The van der Waals surface area contributed by atoms with Crippen LogP contribution in [0.5, 0.6) is 0 Å². The molecule has 1 fully saturated rings.